The second-order valence-electron chi connectivity index (χ2n) is 6.91. The number of carbonyl (C=O) groups excluding carboxylic acids is 2. The maximum Gasteiger partial charge on any atom is 0.327 e. The van der Waals surface area contributed by atoms with Crippen molar-refractivity contribution in [2.45, 2.75) is 45.2 Å². The Morgan fingerprint density at radius 3 is 2.76 bits per heavy atom. The van der Waals surface area contributed by atoms with Gasteiger partial charge in [0.2, 0.25) is 5.91 Å². The minimum atomic E-state index is -0.139. The molecule has 1 aromatic heterocycles. The number of carbonyl (C=O) groups is 2. The number of hydrogen-bond donors (Lipinski definition) is 1. The first kappa shape index (κ1) is 15.9. The van der Waals surface area contributed by atoms with E-state index < -0.39 is 0 Å². The van der Waals surface area contributed by atoms with Crippen molar-refractivity contribution in [3.05, 3.63) is 52.8 Å². The second-order valence-corrected chi connectivity index (χ2v) is 6.91. The highest BCUT2D eigenvalue weighted by atomic mass is 16.2. The Bertz CT molecular complexity index is 813. The summed E-state index contributed by atoms with van der Waals surface area (Å²) < 4.78 is 0. The first-order valence-corrected chi connectivity index (χ1v) is 8.80. The number of hydrogen-bond acceptors (Lipinski definition) is 3. The second kappa shape index (κ2) is 6.35. The zero-order chi connectivity index (χ0) is 17.4. The first-order valence-electron chi connectivity index (χ1n) is 8.80. The molecule has 2 aromatic rings. The molecule has 3 heterocycles. The monoisotopic (exact) mass is 338 g/mol. The molecule has 3 amide bonds. The molecule has 6 nitrogen and oxygen atoms in total. The number of imide groups is 1. The van der Waals surface area contributed by atoms with E-state index in [2.05, 4.69) is 22.3 Å². The predicted octanol–water partition coefficient (Wildman–Crippen LogP) is 2.43. The van der Waals surface area contributed by atoms with Gasteiger partial charge < -0.3 is 4.90 Å². The number of nitrogens with zero attached hydrogens (tertiary/aromatic N) is 3. The molecule has 1 atom stereocenters. The molecule has 4 rings (SSSR count). The number of fused-ring (bicyclic) bond motifs is 2. The molecule has 1 N–H and O–H groups in total. The maximum atomic E-state index is 12.9. The molecule has 0 saturated carbocycles. The quantitative estimate of drug-likeness (QED) is 0.931. The molecular weight excluding hydrogens is 316 g/mol. The lowest BCUT2D eigenvalue weighted by Gasteiger charge is -2.43. The van der Waals surface area contributed by atoms with Gasteiger partial charge in [-0.1, -0.05) is 24.3 Å². The van der Waals surface area contributed by atoms with Crippen LogP contribution in [0, 0.1) is 6.92 Å². The lowest BCUT2D eigenvalue weighted by molar-refractivity contribution is -0.133. The Morgan fingerprint density at radius 1 is 1.20 bits per heavy atom. The van der Waals surface area contributed by atoms with Gasteiger partial charge in [-0.2, -0.15) is 5.10 Å². The van der Waals surface area contributed by atoms with E-state index in [9.17, 15) is 9.59 Å². The Kier molecular flexibility index (Phi) is 4.03. The highest BCUT2D eigenvalue weighted by molar-refractivity contribution is 5.97. The molecule has 0 bridgehead atoms. The largest absolute Gasteiger partial charge is 0.327 e. The Morgan fingerprint density at radius 2 is 2.00 bits per heavy atom. The molecule has 6 heteroatoms. The van der Waals surface area contributed by atoms with Crippen molar-refractivity contribution in [3.63, 3.8) is 0 Å². The van der Waals surface area contributed by atoms with E-state index >= 15 is 0 Å². The average molecular weight is 338 g/mol. The van der Waals surface area contributed by atoms with Gasteiger partial charge in [0.05, 0.1) is 6.20 Å². The summed E-state index contributed by atoms with van der Waals surface area (Å²) in [7, 11) is 0. The minimum absolute atomic E-state index is 0.00210. The fraction of sp³-hybridized carbons (Fsp3) is 0.421. The number of H-pyrrole nitrogens is 1. The van der Waals surface area contributed by atoms with Gasteiger partial charge in [-0.25, -0.2) is 4.79 Å². The van der Waals surface area contributed by atoms with Crippen molar-refractivity contribution >= 4 is 11.9 Å². The van der Waals surface area contributed by atoms with Gasteiger partial charge in [0.15, 0.2) is 0 Å². The topological polar surface area (TPSA) is 69.3 Å². The summed E-state index contributed by atoms with van der Waals surface area (Å²) in [4.78, 5) is 28.6. The lowest BCUT2D eigenvalue weighted by Crippen LogP contribution is -2.58. The van der Waals surface area contributed by atoms with Gasteiger partial charge in [-0.3, -0.25) is 14.8 Å². The normalized spacial score (nSPS) is 19.8. The molecule has 1 aromatic carbocycles. The van der Waals surface area contributed by atoms with E-state index in [1.54, 1.807) is 0 Å². The number of benzene rings is 1. The lowest BCUT2D eigenvalue weighted by atomic mass is 9.91. The van der Waals surface area contributed by atoms with E-state index in [-0.39, 0.29) is 18.0 Å². The van der Waals surface area contributed by atoms with Gasteiger partial charge in [0.25, 0.3) is 0 Å². The van der Waals surface area contributed by atoms with Crippen LogP contribution in [-0.2, 0) is 24.2 Å². The van der Waals surface area contributed by atoms with Crippen LogP contribution in [0.4, 0.5) is 4.79 Å². The van der Waals surface area contributed by atoms with Crippen LogP contribution in [0.15, 0.2) is 30.5 Å². The molecule has 130 valence electrons. The van der Waals surface area contributed by atoms with E-state index in [1.165, 1.54) is 16.0 Å². The van der Waals surface area contributed by atoms with Gasteiger partial charge in [-0.05, 0) is 42.9 Å². The Balaban J connectivity index is 1.44. The summed E-state index contributed by atoms with van der Waals surface area (Å²) in [5.41, 5.74) is 4.63. The average Bonchev–Trinajstić information content (AvgIpc) is 3.01. The molecule has 0 aliphatic carbocycles. The van der Waals surface area contributed by atoms with Crippen molar-refractivity contribution in [1.82, 2.24) is 20.0 Å². The van der Waals surface area contributed by atoms with Crippen LogP contribution >= 0.6 is 0 Å². The number of aromatic amines is 1. The van der Waals surface area contributed by atoms with Gasteiger partial charge in [0.1, 0.15) is 0 Å². The number of rotatable bonds is 4. The number of urea groups is 1. The van der Waals surface area contributed by atoms with Gasteiger partial charge in [0, 0.05) is 31.2 Å². The third kappa shape index (κ3) is 2.92. The molecule has 2 aliphatic heterocycles. The molecule has 1 saturated heterocycles. The summed E-state index contributed by atoms with van der Waals surface area (Å²) in [6.07, 6.45) is 4.58. The summed E-state index contributed by atoms with van der Waals surface area (Å²) in [6, 6.07) is 8.05. The van der Waals surface area contributed by atoms with Crippen LogP contribution in [0.25, 0.3) is 0 Å². The fourth-order valence-corrected chi connectivity index (χ4v) is 3.84. The summed E-state index contributed by atoms with van der Waals surface area (Å²) in [5.74, 6) is -0.0467. The maximum absolute atomic E-state index is 12.9. The van der Waals surface area contributed by atoms with Crippen LogP contribution in [0.3, 0.4) is 0 Å². The summed E-state index contributed by atoms with van der Waals surface area (Å²) in [5, 5.41) is 6.93. The number of amides is 3. The van der Waals surface area contributed by atoms with Crippen LogP contribution in [0.1, 0.15) is 35.2 Å². The summed E-state index contributed by atoms with van der Waals surface area (Å²) in [6.45, 7) is 3.05. The zero-order valence-corrected chi connectivity index (χ0v) is 14.4. The van der Waals surface area contributed by atoms with E-state index in [0.29, 0.717) is 19.5 Å². The third-order valence-corrected chi connectivity index (χ3v) is 5.31. The van der Waals surface area contributed by atoms with Crippen molar-refractivity contribution in [1.29, 1.82) is 0 Å². The van der Waals surface area contributed by atoms with Crippen molar-refractivity contribution in [3.8, 4) is 0 Å². The Hall–Kier alpha value is -2.63. The third-order valence-electron chi connectivity index (χ3n) is 5.31. The standard InChI is InChI=1S/C19H22N4O2/c1-13-15(11-20-21-13)7-4-8-22-18(24)10-17-9-14-5-2-3-6-16(14)12-23(17)19(22)25/h2-3,5-6,11,17H,4,7-10,12H2,1H3,(H,20,21)/t17-/m0/s1. The molecular formula is C19H22N4O2. The molecule has 0 unspecified atom stereocenters. The molecule has 0 spiro atoms. The smallest absolute Gasteiger partial charge is 0.316 e. The van der Waals surface area contributed by atoms with Gasteiger partial charge >= 0.3 is 6.03 Å². The van der Waals surface area contributed by atoms with Gasteiger partial charge in [-0.15, -0.1) is 0 Å². The van der Waals surface area contributed by atoms with Crippen LogP contribution in [0.2, 0.25) is 0 Å². The highest BCUT2D eigenvalue weighted by Gasteiger charge is 2.40. The zero-order valence-electron chi connectivity index (χ0n) is 14.4. The molecule has 25 heavy (non-hydrogen) atoms. The van der Waals surface area contributed by atoms with Crippen LogP contribution in [-0.4, -0.2) is 44.5 Å². The van der Waals surface area contributed by atoms with E-state index in [4.69, 9.17) is 0 Å². The van der Waals surface area contributed by atoms with E-state index in [1.807, 2.05) is 30.2 Å². The SMILES string of the molecule is Cc1[nH]ncc1CCCN1C(=O)C[C@@H]2Cc3ccccc3CN2C1=O. The van der Waals surface area contributed by atoms with E-state index in [0.717, 1.165) is 30.5 Å². The van der Waals surface area contributed by atoms with Crippen LogP contribution < -0.4 is 0 Å². The highest BCUT2D eigenvalue weighted by Crippen LogP contribution is 2.29. The fourth-order valence-electron chi connectivity index (χ4n) is 3.84. The van der Waals surface area contributed by atoms with Crippen LogP contribution in [0.5, 0.6) is 0 Å². The van der Waals surface area contributed by atoms with Crippen molar-refractivity contribution < 1.29 is 9.59 Å². The number of aryl methyl sites for hydroxylation is 2. The minimum Gasteiger partial charge on any atom is -0.316 e. The molecule has 0 radical (unpaired) electrons. The molecule has 1 fully saturated rings. The predicted molar refractivity (Wildman–Crippen MR) is 92.8 cm³/mol. The first-order chi connectivity index (χ1) is 12.1. The number of nitrogens with one attached hydrogen (secondary N) is 1. The van der Waals surface area contributed by atoms with Crippen molar-refractivity contribution in [2.24, 2.45) is 0 Å². The molecule has 2 aliphatic rings. The Labute approximate surface area is 146 Å². The number of aromatic nitrogens is 2. The summed E-state index contributed by atoms with van der Waals surface area (Å²) >= 11 is 0. The van der Waals surface area contributed by atoms with Crippen molar-refractivity contribution in [2.75, 3.05) is 6.54 Å².